The number of nitrogens with one attached hydrogen (secondary N) is 1. The van der Waals surface area contributed by atoms with Gasteiger partial charge in [-0.15, -0.1) is 0 Å². The van der Waals surface area contributed by atoms with Crippen LogP contribution in [0.1, 0.15) is 22.6 Å². The quantitative estimate of drug-likeness (QED) is 0.657. The molecule has 3 aromatic rings. The third-order valence-electron chi connectivity index (χ3n) is 4.64. The van der Waals surface area contributed by atoms with Crippen molar-refractivity contribution in [2.45, 2.75) is 30.2 Å². The molecule has 0 unspecified atom stereocenters. The minimum absolute atomic E-state index is 0.195. The second-order valence-corrected chi connectivity index (χ2v) is 8.46. The van der Waals surface area contributed by atoms with Gasteiger partial charge in [0.2, 0.25) is 10.0 Å². The molecule has 0 spiro atoms. The molecule has 3 aromatic carbocycles. The van der Waals surface area contributed by atoms with E-state index in [2.05, 4.69) is 10.8 Å². The molecule has 0 aliphatic carbocycles. The number of rotatable bonds is 7. The average Bonchev–Trinajstić information content (AvgIpc) is 2.70. The maximum Gasteiger partial charge on any atom is 0.240 e. The summed E-state index contributed by atoms with van der Waals surface area (Å²) in [6.45, 7) is 1.91. The van der Waals surface area contributed by atoms with Gasteiger partial charge in [-0.3, -0.25) is 0 Å². The maximum atomic E-state index is 13.0. The predicted molar refractivity (Wildman–Crippen MR) is 110 cm³/mol. The van der Waals surface area contributed by atoms with Crippen LogP contribution in [0.25, 0.3) is 0 Å². The van der Waals surface area contributed by atoms with Crippen LogP contribution in [0.15, 0.2) is 89.8 Å². The first-order valence-corrected chi connectivity index (χ1v) is 10.6. The Morgan fingerprint density at radius 3 is 2.04 bits per heavy atom. The molecule has 28 heavy (non-hydrogen) atoms. The summed E-state index contributed by atoms with van der Waals surface area (Å²) >= 11 is 0. The Hall–Kier alpha value is -2.94. The number of nitriles is 1. The van der Waals surface area contributed by atoms with Crippen molar-refractivity contribution in [3.05, 3.63) is 102 Å². The molecule has 0 aliphatic heterocycles. The van der Waals surface area contributed by atoms with Crippen LogP contribution in [-0.2, 0) is 16.4 Å². The average molecular weight is 391 g/mol. The van der Waals surface area contributed by atoms with E-state index >= 15 is 0 Å². The number of sulfonamides is 1. The van der Waals surface area contributed by atoms with E-state index in [9.17, 15) is 13.7 Å². The first-order chi connectivity index (χ1) is 13.5. The van der Waals surface area contributed by atoms with Crippen LogP contribution in [0.2, 0.25) is 0 Å². The molecule has 1 N–H and O–H groups in total. The Labute approximate surface area is 166 Å². The lowest BCUT2D eigenvalue weighted by atomic mass is 9.89. The van der Waals surface area contributed by atoms with Gasteiger partial charge in [0.15, 0.2) is 0 Å². The van der Waals surface area contributed by atoms with Gasteiger partial charge in [-0.2, -0.15) is 5.26 Å². The molecule has 4 nitrogen and oxygen atoms in total. The molecule has 0 fully saturated rings. The van der Waals surface area contributed by atoms with E-state index in [1.54, 1.807) is 24.3 Å². The maximum absolute atomic E-state index is 13.0. The fourth-order valence-corrected chi connectivity index (χ4v) is 4.39. The molecule has 5 heteroatoms. The molecule has 3 rings (SSSR count). The zero-order valence-electron chi connectivity index (χ0n) is 15.6. The Morgan fingerprint density at radius 1 is 0.893 bits per heavy atom. The van der Waals surface area contributed by atoms with Crippen molar-refractivity contribution in [2.24, 2.45) is 0 Å². The Balaban J connectivity index is 1.96. The summed E-state index contributed by atoms with van der Waals surface area (Å²) in [6.07, 6.45) is 0.416. The molecule has 0 bridgehead atoms. The molecule has 142 valence electrons. The monoisotopic (exact) mass is 390 g/mol. The van der Waals surface area contributed by atoms with E-state index < -0.39 is 22.0 Å². The number of hydrogen-bond donors (Lipinski definition) is 1. The number of nitrogens with zero attached hydrogens (tertiary/aromatic N) is 1. The van der Waals surface area contributed by atoms with Crippen molar-refractivity contribution in [1.82, 2.24) is 4.72 Å². The zero-order valence-corrected chi connectivity index (χ0v) is 16.4. The number of hydrogen-bond acceptors (Lipinski definition) is 3. The van der Waals surface area contributed by atoms with Gasteiger partial charge in [0, 0.05) is 6.04 Å². The van der Waals surface area contributed by atoms with E-state index in [0.717, 1.165) is 16.7 Å². The molecule has 0 heterocycles. The van der Waals surface area contributed by atoms with E-state index in [4.69, 9.17) is 0 Å². The molecule has 0 radical (unpaired) electrons. The highest BCUT2D eigenvalue weighted by molar-refractivity contribution is 7.89. The van der Waals surface area contributed by atoms with Crippen molar-refractivity contribution < 1.29 is 8.42 Å². The minimum atomic E-state index is -3.76. The van der Waals surface area contributed by atoms with E-state index in [0.29, 0.717) is 6.42 Å². The molecular weight excluding hydrogens is 368 g/mol. The van der Waals surface area contributed by atoms with Crippen LogP contribution in [0.4, 0.5) is 0 Å². The normalized spacial score (nSPS) is 13.4. The van der Waals surface area contributed by atoms with Crippen LogP contribution in [0, 0.1) is 18.3 Å². The lowest BCUT2D eigenvalue weighted by molar-refractivity contribution is 0.523. The first kappa shape index (κ1) is 19.8. The van der Waals surface area contributed by atoms with Crippen molar-refractivity contribution in [2.75, 3.05) is 0 Å². The predicted octanol–water partition coefficient (Wildman–Crippen LogP) is 4.19. The third kappa shape index (κ3) is 4.86. The molecule has 0 saturated carbocycles. The molecule has 0 amide bonds. The van der Waals surface area contributed by atoms with Gasteiger partial charge in [-0.25, -0.2) is 13.1 Å². The summed E-state index contributed by atoms with van der Waals surface area (Å²) in [5, 5.41) is 9.85. The summed E-state index contributed by atoms with van der Waals surface area (Å²) < 4.78 is 28.7. The standard InChI is InChI=1S/C23H22N2O2S/c1-18-12-14-21(15-13-18)28(26,27)25-23(16-19-8-4-2-5-9-19)22(17-24)20-10-6-3-7-11-20/h2-15,22-23,25H,16H2,1H3/t22-,23-/m0/s1. The van der Waals surface area contributed by atoms with Gasteiger partial charge in [0.05, 0.1) is 16.9 Å². The molecule has 0 aromatic heterocycles. The highest BCUT2D eigenvalue weighted by Crippen LogP contribution is 2.24. The second kappa shape index (κ2) is 8.83. The van der Waals surface area contributed by atoms with Gasteiger partial charge < -0.3 is 0 Å². The van der Waals surface area contributed by atoms with Crippen LogP contribution < -0.4 is 4.72 Å². The van der Waals surface area contributed by atoms with Gasteiger partial charge in [0.25, 0.3) is 0 Å². The fourth-order valence-electron chi connectivity index (χ4n) is 3.14. The first-order valence-electron chi connectivity index (χ1n) is 9.07. The smallest absolute Gasteiger partial charge is 0.207 e. The topological polar surface area (TPSA) is 70.0 Å². The van der Waals surface area contributed by atoms with Gasteiger partial charge in [-0.1, -0.05) is 78.4 Å². The van der Waals surface area contributed by atoms with E-state index in [1.807, 2.05) is 67.6 Å². The van der Waals surface area contributed by atoms with Crippen molar-refractivity contribution in [3.63, 3.8) is 0 Å². The van der Waals surface area contributed by atoms with Gasteiger partial charge >= 0.3 is 0 Å². The highest BCUT2D eigenvalue weighted by Gasteiger charge is 2.28. The molecular formula is C23H22N2O2S. The number of aryl methyl sites for hydroxylation is 1. The molecule has 2 atom stereocenters. The van der Waals surface area contributed by atoms with Crippen molar-refractivity contribution in [1.29, 1.82) is 5.26 Å². The van der Waals surface area contributed by atoms with Crippen molar-refractivity contribution >= 4 is 10.0 Å². The lowest BCUT2D eigenvalue weighted by Gasteiger charge is -2.24. The van der Waals surface area contributed by atoms with Crippen molar-refractivity contribution in [3.8, 4) is 6.07 Å². The summed E-state index contributed by atoms with van der Waals surface area (Å²) in [4.78, 5) is 0.195. The summed E-state index contributed by atoms with van der Waals surface area (Å²) in [6, 6.07) is 27.3. The lowest BCUT2D eigenvalue weighted by Crippen LogP contribution is -2.40. The molecule has 0 saturated heterocycles. The van der Waals surface area contributed by atoms with Crippen LogP contribution in [-0.4, -0.2) is 14.5 Å². The minimum Gasteiger partial charge on any atom is -0.207 e. The third-order valence-corrected chi connectivity index (χ3v) is 6.14. The van der Waals surface area contributed by atoms with Gasteiger partial charge in [0.1, 0.15) is 0 Å². The van der Waals surface area contributed by atoms with Gasteiger partial charge in [-0.05, 0) is 36.6 Å². The molecule has 0 aliphatic rings. The fraction of sp³-hybridized carbons (Fsp3) is 0.174. The summed E-state index contributed by atoms with van der Waals surface area (Å²) in [5.41, 5.74) is 2.74. The number of benzene rings is 3. The zero-order chi connectivity index (χ0) is 20.0. The Bertz CT molecular complexity index is 1040. The largest absolute Gasteiger partial charge is 0.240 e. The van der Waals surface area contributed by atoms with E-state index in [-0.39, 0.29) is 4.90 Å². The van der Waals surface area contributed by atoms with Crippen LogP contribution >= 0.6 is 0 Å². The SMILES string of the molecule is Cc1ccc(S(=O)(=O)N[C@@H](Cc2ccccc2)[C@@H](C#N)c2ccccc2)cc1. The Morgan fingerprint density at radius 2 is 1.46 bits per heavy atom. The van der Waals surface area contributed by atoms with Crippen LogP contribution in [0.3, 0.4) is 0 Å². The second-order valence-electron chi connectivity index (χ2n) is 6.75. The van der Waals surface area contributed by atoms with Crippen LogP contribution in [0.5, 0.6) is 0 Å². The summed E-state index contributed by atoms with van der Waals surface area (Å²) in [7, 11) is -3.76. The Kier molecular flexibility index (Phi) is 6.25. The van der Waals surface area contributed by atoms with E-state index in [1.165, 1.54) is 0 Å². The highest BCUT2D eigenvalue weighted by atomic mass is 32.2. The summed E-state index contributed by atoms with van der Waals surface area (Å²) in [5.74, 6) is -0.610.